The molecule has 0 saturated carbocycles. The molecule has 1 fully saturated rings. The monoisotopic (exact) mass is 427 g/mol. The van der Waals surface area contributed by atoms with E-state index in [2.05, 4.69) is 58.3 Å². The summed E-state index contributed by atoms with van der Waals surface area (Å²) in [5, 5.41) is 6.88. The Labute approximate surface area is 184 Å². The highest BCUT2D eigenvalue weighted by atomic mass is 16.5. The molecular formula is C23H33N5O3. The number of amides is 1. The van der Waals surface area contributed by atoms with Gasteiger partial charge < -0.3 is 10.1 Å². The van der Waals surface area contributed by atoms with Crippen molar-refractivity contribution in [3.8, 4) is 0 Å². The van der Waals surface area contributed by atoms with Crippen LogP contribution >= 0.6 is 0 Å². The molecule has 2 heterocycles. The van der Waals surface area contributed by atoms with Gasteiger partial charge in [-0.2, -0.15) is 5.10 Å². The predicted molar refractivity (Wildman–Crippen MR) is 120 cm³/mol. The SMILES string of the molecule is CCOC(=O)c1cnn(C)c1NC(=O)CN1CCN(Cc2ccc(C(C)C)cc2)CC1. The van der Waals surface area contributed by atoms with Crippen LogP contribution in [0.25, 0.3) is 0 Å². The van der Waals surface area contributed by atoms with Crippen molar-refractivity contribution in [3.05, 3.63) is 47.2 Å². The molecule has 1 aliphatic rings. The van der Waals surface area contributed by atoms with Crippen molar-refractivity contribution >= 4 is 17.7 Å². The number of benzene rings is 1. The smallest absolute Gasteiger partial charge is 0.343 e. The zero-order chi connectivity index (χ0) is 22.4. The maximum Gasteiger partial charge on any atom is 0.343 e. The Morgan fingerprint density at radius 1 is 1.10 bits per heavy atom. The van der Waals surface area contributed by atoms with Gasteiger partial charge in [-0.3, -0.25) is 19.3 Å². The van der Waals surface area contributed by atoms with Gasteiger partial charge in [-0.1, -0.05) is 38.1 Å². The number of ether oxygens (including phenoxy) is 1. The molecule has 0 bridgehead atoms. The zero-order valence-electron chi connectivity index (χ0n) is 18.9. The number of carbonyl (C=O) groups excluding carboxylic acids is 2. The number of piperazine rings is 1. The minimum Gasteiger partial charge on any atom is -0.462 e. The molecule has 0 atom stereocenters. The highest BCUT2D eigenvalue weighted by Gasteiger charge is 2.22. The van der Waals surface area contributed by atoms with Crippen molar-refractivity contribution in [1.82, 2.24) is 19.6 Å². The molecule has 31 heavy (non-hydrogen) atoms. The second kappa shape index (κ2) is 10.5. The lowest BCUT2D eigenvalue weighted by atomic mass is 10.0. The third-order valence-corrected chi connectivity index (χ3v) is 5.58. The number of hydrogen-bond acceptors (Lipinski definition) is 6. The molecule has 3 rings (SSSR count). The van der Waals surface area contributed by atoms with Gasteiger partial charge in [0.05, 0.1) is 19.3 Å². The van der Waals surface area contributed by atoms with Crippen LogP contribution in [0, 0.1) is 0 Å². The van der Waals surface area contributed by atoms with Gasteiger partial charge in [0.1, 0.15) is 11.4 Å². The highest BCUT2D eigenvalue weighted by Crippen LogP contribution is 2.17. The van der Waals surface area contributed by atoms with Crippen LogP contribution < -0.4 is 5.32 Å². The van der Waals surface area contributed by atoms with Gasteiger partial charge in [0.2, 0.25) is 5.91 Å². The number of aromatic nitrogens is 2. The van der Waals surface area contributed by atoms with E-state index in [1.165, 1.54) is 22.0 Å². The summed E-state index contributed by atoms with van der Waals surface area (Å²) in [4.78, 5) is 29.2. The molecule has 8 heteroatoms. The summed E-state index contributed by atoms with van der Waals surface area (Å²) in [6.07, 6.45) is 1.42. The molecule has 1 saturated heterocycles. The fourth-order valence-electron chi connectivity index (χ4n) is 3.69. The van der Waals surface area contributed by atoms with Gasteiger partial charge in [0.15, 0.2) is 0 Å². The largest absolute Gasteiger partial charge is 0.462 e. The van der Waals surface area contributed by atoms with Crippen molar-refractivity contribution in [2.45, 2.75) is 33.2 Å². The highest BCUT2D eigenvalue weighted by molar-refractivity contribution is 6.00. The van der Waals surface area contributed by atoms with Crippen LogP contribution in [0.5, 0.6) is 0 Å². The Hall–Kier alpha value is -2.71. The first-order valence-corrected chi connectivity index (χ1v) is 10.9. The predicted octanol–water partition coefficient (Wildman–Crippen LogP) is 2.48. The van der Waals surface area contributed by atoms with Crippen LogP contribution in [0.1, 0.15) is 48.2 Å². The number of anilines is 1. The molecule has 168 valence electrons. The Balaban J connectivity index is 1.47. The Morgan fingerprint density at radius 3 is 2.35 bits per heavy atom. The van der Waals surface area contributed by atoms with E-state index in [4.69, 9.17) is 4.74 Å². The first-order chi connectivity index (χ1) is 14.9. The fourth-order valence-corrected chi connectivity index (χ4v) is 3.69. The third-order valence-electron chi connectivity index (χ3n) is 5.58. The summed E-state index contributed by atoms with van der Waals surface area (Å²) in [7, 11) is 1.69. The lowest BCUT2D eigenvalue weighted by molar-refractivity contribution is -0.117. The molecule has 1 amide bonds. The van der Waals surface area contributed by atoms with Crippen molar-refractivity contribution in [2.75, 3.05) is 44.6 Å². The summed E-state index contributed by atoms with van der Waals surface area (Å²) >= 11 is 0. The average Bonchev–Trinajstić information content (AvgIpc) is 3.10. The van der Waals surface area contributed by atoms with E-state index in [0.717, 1.165) is 32.7 Å². The standard InChI is InChI=1S/C23H33N5O3/c1-5-31-23(30)20-14-24-26(4)22(20)25-21(29)16-28-12-10-27(11-13-28)15-18-6-8-19(9-7-18)17(2)3/h6-9,14,17H,5,10-13,15-16H2,1-4H3,(H,25,29). The average molecular weight is 428 g/mol. The van der Waals surface area contributed by atoms with Gasteiger partial charge in [-0.15, -0.1) is 0 Å². The molecule has 0 spiro atoms. The number of esters is 1. The summed E-state index contributed by atoms with van der Waals surface area (Å²) in [5.74, 6) is 0.267. The van der Waals surface area contributed by atoms with Crippen LogP contribution in [0.4, 0.5) is 5.82 Å². The first kappa shape index (κ1) is 23.0. The number of aryl methyl sites for hydroxylation is 1. The van der Waals surface area contributed by atoms with Gasteiger partial charge in [0, 0.05) is 39.8 Å². The second-order valence-corrected chi connectivity index (χ2v) is 8.25. The maximum atomic E-state index is 12.6. The molecule has 0 unspecified atom stereocenters. The quantitative estimate of drug-likeness (QED) is 0.652. The van der Waals surface area contributed by atoms with E-state index in [0.29, 0.717) is 11.7 Å². The summed E-state index contributed by atoms with van der Waals surface area (Å²) in [5.41, 5.74) is 2.95. The van der Waals surface area contributed by atoms with E-state index in [1.807, 2.05) is 0 Å². The molecule has 1 aromatic heterocycles. The summed E-state index contributed by atoms with van der Waals surface area (Å²) in [6, 6.07) is 8.85. The minimum atomic E-state index is -0.485. The van der Waals surface area contributed by atoms with Crippen molar-refractivity contribution in [2.24, 2.45) is 7.05 Å². The van der Waals surface area contributed by atoms with Crippen molar-refractivity contribution in [3.63, 3.8) is 0 Å². The van der Waals surface area contributed by atoms with Crippen LogP contribution in [0.15, 0.2) is 30.5 Å². The molecule has 0 aliphatic carbocycles. The summed E-state index contributed by atoms with van der Waals surface area (Å²) in [6.45, 7) is 11.1. The molecule has 2 aromatic rings. The number of carbonyl (C=O) groups is 2. The number of hydrogen-bond donors (Lipinski definition) is 1. The maximum absolute atomic E-state index is 12.6. The topological polar surface area (TPSA) is 79.7 Å². The van der Waals surface area contributed by atoms with E-state index in [1.54, 1.807) is 14.0 Å². The lowest BCUT2D eigenvalue weighted by Gasteiger charge is -2.34. The molecule has 1 N–H and O–H groups in total. The van der Waals surface area contributed by atoms with Crippen LogP contribution in [-0.2, 0) is 23.1 Å². The molecule has 1 aliphatic heterocycles. The molecule has 1 aromatic carbocycles. The van der Waals surface area contributed by atoms with E-state index in [-0.39, 0.29) is 24.6 Å². The molecule has 0 radical (unpaired) electrons. The van der Waals surface area contributed by atoms with E-state index >= 15 is 0 Å². The number of rotatable bonds is 8. The first-order valence-electron chi connectivity index (χ1n) is 10.9. The van der Waals surface area contributed by atoms with Crippen molar-refractivity contribution in [1.29, 1.82) is 0 Å². The Morgan fingerprint density at radius 2 is 1.74 bits per heavy atom. The van der Waals surface area contributed by atoms with Gasteiger partial charge in [0.25, 0.3) is 0 Å². The van der Waals surface area contributed by atoms with Crippen molar-refractivity contribution < 1.29 is 14.3 Å². The van der Waals surface area contributed by atoms with E-state index < -0.39 is 5.97 Å². The zero-order valence-corrected chi connectivity index (χ0v) is 18.9. The third kappa shape index (κ3) is 6.15. The van der Waals surface area contributed by atoms with Crippen LogP contribution in [-0.4, -0.2) is 70.8 Å². The summed E-state index contributed by atoms with van der Waals surface area (Å²) < 4.78 is 6.51. The minimum absolute atomic E-state index is 0.160. The Kier molecular flexibility index (Phi) is 7.81. The van der Waals surface area contributed by atoms with Gasteiger partial charge in [-0.05, 0) is 24.0 Å². The van der Waals surface area contributed by atoms with Crippen LogP contribution in [0.3, 0.4) is 0 Å². The van der Waals surface area contributed by atoms with Gasteiger partial charge >= 0.3 is 5.97 Å². The van der Waals surface area contributed by atoms with E-state index in [9.17, 15) is 9.59 Å². The lowest BCUT2D eigenvalue weighted by Crippen LogP contribution is -2.48. The number of nitrogens with zero attached hydrogens (tertiary/aromatic N) is 4. The Bertz CT molecular complexity index is 883. The fraction of sp³-hybridized carbons (Fsp3) is 0.522. The number of nitrogens with one attached hydrogen (secondary N) is 1. The van der Waals surface area contributed by atoms with Crippen LogP contribution in [0.2, 0.25) is 0 Å². The molecular weight excluding hydrogens is 394 g/mol. The normalized spacial score (nSPS) is 15.3. The molecule has 8 nitrogen and oxygen atoms in total. The second-order valence-electron chi connectivity index (χ2n) is 8.25. The van der Waals surface area contributed by atoms with Gasteiger partial charge in [-0.25, -0.2) is 4.79 Å².